The molecule has 0 aromatic carbocycles. The second kappa shape index (κ2) is 3.35. The van der Waals surface area contributed by atoms with Gasteiger partial charge >= 0.3 is 5.97 Å². The fraction of sp³-hybridized carbons (Fsp3) is 0.714. The van der Waals surface area contributed by atoms with E-state index in [-0.39, 0.29) is 11.2 Å². The normalized spacial score (nSPS) is 28.3. The number of esters is 1. The van der Waals surface area contributed by atoms with E-state index in [0.29, 0.717) is 12.4 Å². The number of carbonyl (C=O) groups is 2. The number of ether oxygens (including phenoxy) is 1. The van der Waals surface area contributed by atoms with Crippen molar-refractivity contribution < 1.29 is 14.3 Å². The maximum Gasteiger partial charge on any atom is 0.332 e. The van der Waals surface area contributed by atoms with Gasteiger partial charge in [0.1, 0.15) is 5.54 Å². The third-order valence-corrected chi connectivity index (χ3v) is 2.68. The zero-order chi connectivity index (χ0) is 9.19. The van der Waals surface area contributed by atoms with Crippen LogP contribution in [0.3, 0.4) is 0 Å². The number of hydrogen-bond donors (Lipinski definition) is 1. The van der Waals surface area contributed by atoms with Crippen LogP contribution in [0, 0.1) is 0 Å². The molecule has 1 fully saturated rings. The number of carbonyl (C=O) groups excluding carboxylic acids is 2. The van der Waals surface area contributed by atoms with Crippen LogP contribution in [0.2, 0.25) is 0 Å². The second-order valence-corrected chi connectivity index (χ2v) is 3.70. The van der Waals surface area contributed by atoms with Crippen molar-refractivity contribution in [3.05, 3.63) is 0 Å². The Bertz CT molecular complexity index is 219. The van der Waals surface area contributed by atoms with Gasteiger partial charge in [-0.05, 0) is 13.8 Å². The van der Waals surface area contributed by atoms with Crippen molar-refractivity contribution in [2.75, 3.05) is 12.4 Å². The van der Waals surface area contributed by atoms with Gasteiger partial charge in [0, 0.05) is 5.75 Å². The van der Waals surface area contributed by atoms with Crippen LogP contribution >= 0.6 is 11.8 Å². The maximum absolute atomic E-state index is 11.3. The first-order valence-electron chi connectivity index (χ1n) is 3.70. The summed E-state index contributed by atoms with van der Waals surface area (Å²) in [6, 6.07) is 0. The van der Waals surface area contributed by atoms with Crippen LogP contribution in [-0.4, -0.2) is 29.1 Å². The third-order valence-electron chi connectivity index (χ3n) is 1.60. The highest BCUT2D eigenvalue weighted by Crippen LogP contribution is 2.23. The molecule has 0 radical (unpaired) electrons. The monoisotopic (exact) mass is 189 g/mol. The molecular weight excluding hydrogens is 178 g/mol. The minimum atomic E-state index is -0.822. The molecule has 0 aromatic rings. The van der Waals surface area contributed by atoms with Gasteiger partial charge in [-0.25, -0.2) is 4.79 Å². The highest BCUT2D eigenvalue weighted by atomic mass is 32.2. The molecule has 68 valence electrons. The van der Waals surface area contributed by atoms with Gasteiger partial charge in [0.05, 0.1) is 6.61 Å². The molecule has 0 unspecified atom stereocenters. The Morgan fingerprint density at radius 3 is 2.92 bits per heavy atom. The fourth-order valence-corrected chi connectivity index (χ4v) is 1.81. The first kappa shape index (κ1) is 9.38. The lowest BCUT2D eigenvalue weighted by atomic mass is 10.1. The highest BCUT2D eigenvalue weighted by molar-refractivity contribution is 8.14. The van der Waals surface area contributed by atoms with E-state index >= 15 is 0 Å². The molecule has 1 saturated heterocycles. The molecule has 1 amide bonds. The van der Waals surface area contributed by atoms with Gasteiger partial charge in [-0.3, -0.25) is 4.79 Å². The summed E-state index contributed by atoms with van der Waals surface area (Å²) < 4.78 is 4.81. The largest absolute Gasteiger partial charge is 0.464 e. The van der Waals surface area contributed by atoms with Gasteiger partial charge in [0.2, 0.25) is 0 Å². The molecule has 0 aromatic heterocycles. The van der Waals surface area contributed by atoms with E-state index in [0.717, 1.165) is 11.8 Å². The average Bonchev–Trinajstić information content (AvgIpc) is 2.33. The summed E-state index contributed by atoms with van der Waals surface area (Å²) in [5.41, 5.74) is -0.822. The maximum atomic E-state index is 11.3. The molecular formula is C7H11NO3S. The Morgan fingerprint density at radius 1 is 1.83 bits per heavy atom. The molecule has 0 aliphatic carbocycles. The van der Waals surface area contributed by atoms with Crippen molar-refractivity contribution in [1.29, 1.82) is 0 Å². The van der Waals surface area contributed by atoms with E-state index in [1.807, 2.05) is 0 Å². The highest BCUT2D eigenvalue weighted by Gasteiger charge is 2.41. The minimum absolute atomic E-state index is 0.162. The number of amides is 1. The summed E-state index contributed by atoms with van der Waals surface area (Å²) >= 11 is 1.11. The molecule has 0 saturated carbocycles. The SMILES string of the molecule is CCOC(=O)[C@@]1(C)CSC(=O)N1. The van der Waals surface area contributed by atoms with Crippen LogP contribution in [0.5, 0.6) is 0 Å². The molecule has 1 aliphatic rings. The molecule has 1 atom stereocenters. The van der Waals surface area contributed by atoms with Crippen molar-refractivity contribution in [3.63, 3.8) is 0 Å². The van der Waals surface area contributed by atoms with Crippen molar-refractivity contribution >= 4 is 23.0 Å². The molecule has 12 heavy (non-hydrogen) atoms. The van der Waals surface area contributed by atoms with Gasteiger partial charge in [0.25, 0.3) is 5.24 Å². The standard InChI is InChI=1S/C7H11NO3S/c1-3-11-5(9)7(2)4-12-6(10)8-7/h3-4H2,1-2H3,(H,8,10)/t7-/m1/s1. The number of nitrogens with one attached hydrogen (secondary N) is 1. The Kier molecular flexibility index (Phi) is 2.62. The van der Waals surface area contributed by atoms with E-state index in [1.165, 1.54) is 0 Å². The Hall–Kier alpha value is -0.710. The summed E-state index contributed by atoms with van der Waals surface area (Å²) in [5.74, 6) is 0.0911. The van der Waals surface area contributed by atoms with Crippen molar-refractivity contribution in [2.45, 2.75) is 19.4 Å². The fourth-order valence-electron chi connectivity index (χ4n) is 0.908. The van der Waals surface area contributed by atoms with E-state index in [4.69, 9.17) is 4.74 Å². The van der Waals surface area contributed by atoms with Crippen molar-refractivity contribution in [1.82, 2.24) is 5.32 Å². The van der Waals surface area contributed by atoms with Gasteiger partial charge < -0.3 is 10.1 Å². The Morgan fingerprint density at radius 2 is 2.50 bits per heavy atom. The van der Waals surface area contributed by atoms with E-state index in [9.17, 15) is 9.59 Å². The molecule has 0 bridgehead atoms. The smallest absolute Gasteiger partial charge is 0.332 e. The van der Waals surface area contributed by atoms with Crippen LogP contribution in [0.25, 0.3) is 0 Å². The lowest BCUT2D eigenvalue weighted by molar-refractivity contribution is -0.148. The lowest BCUT2D eigenvalue weighted by Gasteiger charge is -2.19. The van der Waals surface area contributed by atoms with Crippen LogP contribution in [0.4, 0.5) is 4.79 Å². The summed E-state index contributed by atoms with van der Waals surface area (Å²) in [4.78, 5) is 22.1. The average molecular weight is 189 g/mol. The van der Waals surface area contributed by atoms with E-state index < -0.39 is 5.54 Å². The van der Waals surface area contributed by atoms with E-state index in [2.05, 4.69) is 5.32 Å². The van der Waals surface area contributed by atoms with Crippen LogP contribution < -0.4 is 5.32 Å². The lowest BCUT2D eigenvalue weighted by Crippen LogP contribution is -2.48. The first-order valence-corrected chi connectivity index (χ1v) is 4.69. The predicted octanol–water partition coefficient (Wildman–Crippen LogP) is 0.765. The topological polar surface area (TPSA) is 55.4 Å². The zero-order valence-electron chi connectivity index (χ0n) is 7.05. The molecule has 1 aliphatic heterocycles. The van der Waals surface area contributed by atoms with Crippen LogP contribution in [0.15, 0.2) is 0 Å². The van der Waals surface area contributed by atoms with E-state index in [1.54, 1.807) is 13.8 Å². The number of thioether (sulfide) groups is 1. The Labute approximate surface area is 75.0 Å². The van der Waals surface area contributed by atoms with Crippen LogP contribution in [-0.2, 0) is 9.53 Å². The molecule has 5 heteroatoms. The molecule has 1 heterocycles. The molecule has 1 N–H and O–H groups in total. The van der Waals surface area contributed by atoms with Crippen molar-refractivity contribution in [3.8, 4) is 0 Å². The van der Waals surface area contributed by atoms with Gasteiger partial charge in [0.15, 0.2) is 0 Å². The van der Waals surface area contributed by atoms with Crippen LogP contribution in [0.1, 0.15) is 13.8 Å². The summed E-state index contributed by atoms with van der Waals surface area (Å²) in [6.45, 7) is 3.75. The predicted molar refractivity (Wildman–Crippen MR) is 46.0 cm³/mol. The molecule has 4 nitrogen and oxygen atoms in total. The number of hydrogen-bond acceptors (Lipinski definition) is 4. The molecule has 1 rings (SSSR count). The number of rotatable bonds is 2. The minimum Gasteiger partial charge on any atom is -0.464 e. The summed E-state index contributed by atoms with van der Waals surface area (Å²) in [5, 5.41) is 2.40. The summed E-state index contributed by atoms with van der Waals surface area (Å²) in [6.07, 6.45) is 0. The summed E-state index contributed by atoms with van der Waals surface area (Å²) in [7, 11) is 0. The second-order valence-electron chi connectivity index (χ2n) is 2.75. The Balaban J connectivity index is 2.60. The molecule has 0 spiro atoms. The first-order chi connectivity index (χ1) is 5.58. The van der Waals surface area contributed by atoms with Gasteiger partial charge in [-0.15, -0.1) is 0 Å². The third kappa shape index (κ3) is 1.72. The van der Waals surface area contributed by atoms with Gasteiger partial charge in [-0.2, -0.15) is 0 Å². The zero-order valence-corrected chi connectivity index (χ0v) is 7.86. The van der Waals surface area contributed by atoms with Crippen molar-refractivity contribution in [2.24, 2.45) is 0 Å². The van der Waals surface area contributed by atoms with Gasteiger partial charge in [-0.1, -0.05) is 11.8 Å². The quantitative estimate of drug-likeness (QED) is 0.652.